The molecule has 2 aromatic rings. The number of allylic oxidation sites excluding steroid dienone is 2. The fourth-order valence-corrected chi connectivity index (χ4v) is 2.33. The summed E-state index contributed by atoms with van der Waals surface area (Å²) < 4.78 is 0. The monoisotopic (exact) mass is 322 g/mol. The molecule has 0 saturated heterocycles. The van der Waals surface area contributed by atoms with Gasteiger partial charge >= 0.3 is 5.97 Å². The topological polar surface area (TPSA) is 62.5 Å². The molecular formula is C20H22N2O2. The maximum atomic E-state index is 10.9. The lowest BCUT2D eigenvalue weighted by atomic mass is 10.0. The molecule has 0 aliphatic carbocycles. The van der Waals surface area contributed by atoms with E-state index in [-0.39, 0.29) is 6.54 Å². The second-order valence-electron chi connectivity index (χ2n) is 5.58. The summed E-state index contributed by atoms with van der Waals surface area (Å²) in [6.45, 7) is 5.74. The highest BCUT2D eigenvalue weighted by Gasteiger charge is 2.08. The molecule has 0 amide bonds. The molecule has 0 saturated carbocycles. The quantitative estimate of drug-likeness (QED) is 0.816. The first-order valence-corrected chi connectivity index (χ1v) is 7.98. The van der Waals surface area contributed by atoms with Gasteiger partial charge in [0.05, 0.1) is 11.4 Å². The Bertz CT molecular complexity index is 777. The summed E-state index contributed by atoms with van der Waals surface area (Å²) in [5.74, 6) is -0.956. The average Bonchev–Trinajstić information content (AvgIpc) is 2.58. The van der Waals surface area contributed by atoms with Crippen molar-refractivity contribution in [1.29, 1.82) is 0 Å². The van der Waals surface area contributed by atoms with E-state index in [0.717, 1.165) is 28.8 Å². The predicted octanol–water partition coefficient (Wildman–Crippen LogP) is 4.07. The molecule has 24 heavy (non-hydrogen) atoms. The van der Waals surface area contributed by atoms with E-state index in [1.807, 2.05) is 62.4 Å². The molecule has 1 N–H and O–H groups in total. The van der Waals surface area contributed by atoms with Gasteiger partial charge < -0.3 is 5.11 Å². The Morgan fingerprint density at radius 3 is 2.46 bits per heavy atom. The molecule has 0 atom stereocenters. The molecule has 0 spiro atoms. The van der Waals surface area contributed by atoms with Gasteiger partial charge in [-0.2, -0.15) is 0 Å². The molecule has 4 nitrogen and oxygen atoms in total. The summed E-state index contributed by atoms with van der Waals surface area (Å²) >= 11 is 0. The van der Waals surface area contributed by atoms with E-state index in [9.17, 15) is 4.79 Å². The number of pyridine rings is 1. The van der Waals surface area contributed by atoms with Crippen LogP contribution in [0.1, 0.15) is 35.9 Å². The van der Waals surface area contributed by atoms with Crippen LogP contribution < -0.4 is 0 Å². The Labute approximate surface area is 142 Å². The normalized spacial score (nSPS) is 12.3. The lowest BCUT2D eigenvalue weighted by Gasteiger charge is -2.09. The van der Waals surface area contributed by atoms with Crippen LogP contribution in [0.4, 0.5) is 0 Å². The minimum absolute atomic E-state index is 0.272. The van der Waals surface area contributed by atoms with Gasteiger partial charge in [-0.3, -0.25) is 14.8 Å². The Kier molecular flexibility index (Phi) is 6.01. The summed E-state index contributed by atoms with van der Waals surface area (Å²) in [6.07, 6.45) is 2.76. The maximum Gasteiger partial charge on any atom is 0.325 e. The highest BCUT2D eigenvalue weighted by atomic mass is 16.4. The summed E-state index contributed by atoms with van der Waals surface area (Å²) in [7, 11) is 0. The standard InChI is InChI=1S/C20H22N2O2/c1-4-16(17-8-6-5-7-9-17)12-19(21-13-20(23)24)18-11-10-14(2)15(3)22-18/h5-12H,4,13H2,1-3H3,(H,23,24). The van der Waals surface area contributed by atoms with E-state index in [4.69, 9.17) is 5.11 Å². The summed E-state index contributed by atoms with van der Waals surface area (Å²) in [5, 5.41) is 8.97. The molecule has 0 radical (unpaired) electrons. The van der Waals surface area contributed by atoms with Crippen molar-refractivity contribution in [3.05, 3.63) is 71.1 Å². The summed E-state index contributed by atoms with van der Waals surface area (Å²) in [6, 6.07) is 13.9. The number of aromatic nitrogens is 1. The summed E-state index contributed by atoms with van der Waals surface area (Å²) in [4.78, 5) is 19.8. The van der Waals surface area contributed by atoms with Crippen LogP contribution in [0.15, 0.2) is 53.5 Å². The zero-order chi connectivity index (χ0) is 17.5. The number of aliphatic imine (C=N–C) groups is 1. The lowest BCUT2D eigenvalue weighted by Crippen LogP contribution is -2.08. The Balaban J connectivity index is 2.49. The number of hydrogen-bond acceptors (Lipinski definition) is 3. The van der Waals surface area contributed by atoms with Crippen molar-refractivity contribution < 1.29 is 9.90 Å². The van der Waals surface area contributed by atoms with Gasteiger partial charge in [-0.1, -0.05) is 43.3 Å². The van der Waals surface area contributed by atoms with Crippen LogP contribution in [0.2, 0.25) is 0 Å². The number of hydrogen-bond donors (Lipinski definition) is 1. The molecule has 0 unspecified atom stereocenters. The smallest absolute Gasteiger partial charge is 0.325 e. The second-order valence-corrected chi connectivity index (χ2v) is 5.58. The first-order valence-electron chi connectivity index (χ1n) is 7.98. The molecule has 124 valence electrons. The molecule has 0 aliphatic heterocycles. The van der Waals surface area contributed by atoms with Crippen molar-refractivity contribution in [2.24, 2.45) is 4.99 Å². The van der Waals surface area contributed by atoms with Gasteiger partial charge in [-0.25, -0.2) is 0 Å². The third-order valence-corrected chi connectivity index (χ3v) is 3.83. The minimum Gasteiger partial charge on any atom is -0.480 e. The van der Waals surface area contributed by atoms with E-state index in [0.29, 0.717) is 11.4 Å². The van der Waals surface area contributed by atoms with Gasteiger partial charge in [0.1, 0.15) is 6.54 Å². The van der Waals surface area contributed by atoms with E-state index >= 15 is 0 Å². The minimum atomic E-state index is -0.956. The third kappa shape index (κ3) is 4.62. The second kappa shape index (κ2) is 8.20. The number of aryl methyl sites for hydroxylation is 2. The predicted molar refractivity (Wildman–Crippen MR) is 97.5 cm³/mol. The van der Waals surface area contributed by atoms with Gasteiger partial charge in [0, 0.05) is 5.69 Å². The highest BCUT2D eigenvalue weighted by molar-refractivity contribution is 6.11. The number of nitrogens with zero attached hydrogens (tertiary/aromatic N) is 2. The maximum absolute atomic E-state index is 10.9. The van der Waals surface area contributed by atoms with E-state index < -0.39 is 5.97 Å². The number of rotatable bonds is 6. The van der Waals surface area contributed by atoms with Crippen LogP contribution in [0.25, 0.3) is 5.57 Å². The van der Waals surface area contributed by atoms with Crippen LogP contribution >= 0.6 is 0 Å². The molecule has 2 rings (SSSR count). The largest absolute Gasteiger partial charge is 0.480 e. The lowest BCUT2D eigenvalue weighted by molar-refractivity contribution is -0.135. The molecule has 0 fully saturated rings. The molecule has 4 heteroatoms. The summed E-state index contributed by atoms with van der Waals surface area (Å²) in [5.41, 5.74) is 5.51. The Morgan fingerprint density at radius 1 is 1.17 bits per heavy atom. The van der Waals surface area contributed by atoms with Gasteiger partial charge in [0.25, 0.3) is 0 Å². The van der Waals surface area contributed by atoms with Crippen LogP contribution in [-0.2, 0) is 4.79 Å². The van der Waals surface area contributed by atoms with Crippen molar-refractivity contribution >= 4 is 17.3 Å². The fourth-order valence-electron chi connectivity index (χ4n) is 2.33. The van der Waals surface area contributed by atoms with Gasteiger partial charge in [0.15, 0.2) is 0 Å². The number of carboxylic acid groups (broad SMARTS) is 1. The molecule has 1 aromatic carbocycles. The average molecular weight is 322 g/mol. The van der Waals surface area contributed by atoms with Crippen molar-refractivity contribution in [3.63, 3.8) is 0 Å². The number of carboxylic acids is 1. The first kappa shape index (κ1) is 17.6. The zero-order valence-corrected chi connectivity index (χ0v) is 14.3. The van der Waals surface area contributed by atoms with Crippen LogP contribution in [-0.4, -0.2) is 28.3 Å². The van der Waals surface area contributed by atoms with E-state index in [2.05, 4.69) is 16.9 Å². The van der Waals surface area contributed by atoms with E-state index in [1.165, 1.54) is 0 Å². The Morgan fingerprint density at radius 2 is 1.88 bits per heavy atom. The first-order chi connectivity index (χ1) is 11.5. The van der Waals surface area contributed by atoms with Crippen molar-refractivity contribution in [3.8, 4) is 0 Å². The SMILES string of the molecule is CCC(=CC(=NCC(=O)O)c1ccc(C)c(C)n1)c1ccccc1. The molecule has 0 aliphatic rings. The molecule has 1 aromatic heterocycles. The van der Waals surface area contributed by atoms with Crippen molar-refractivity contribution in [1.82, 2.24) is 4.98 Å². The number of aliphatic carboxylic acids is 1. The third-order valence-electron chi connectivity index (χ3n) is 3.83. The molecule has 1 heterocycles. The van der Waals surface area contributed by atoms with Crippen molar-refractivity contribution in [2.45, 2.75) is 27.2 Å². The van der Waals surface area contributed by atoms with Gasteiger partial charge in [-0.15, -0.1) is 0 Å². The van der Waals surface area contributed by atoms with Gasteiger partial charge in [0.2, 0.25) is 0 Å². The Hall–Kier alpha value is -2.75. The van der Waals surface area contributed by atoms with Crippen LogP contribution in [0.5, 0.6) is 0 Å². The zero-order valence-electron chi connectivity index (χ0n) is 14.3. The van der Waals surface area contributed by atoms with Gasteiger partial charge in [-0.05, 0) is 49.1 Å². The fraction of sp³-hybridized carbons (Fsp3) is 0.250. The van der Waals surface area contributed by atoms with E-state index in [1.54, 1.807) is 0 Å². The van der Waals surface area contributed by atoms with Crippen molar-refractivity contribution in [2.75, 3.05) is 6.54 Å². The molecular weight excluding hydrogens is 300 g/mol. The highest BCUT2D eigenvalue weighted by Crippen LogP contribution is 2.19. The number of carbonyl (C=O) groups is 1. The van der Waals surface area contributed by atoms with Crippen LogP contribution in [0, 0.1) is 13.8 Å². The molecule has 0 bridgehead atoms. The van der Waals surface area contributed by atoms with Crippen LogP contribution in [0.3, 0.4) is 0 Å². The number of benzene rings is 1.